The molecule has 6 heteroatoms. The molecule has 2 rings (SSSR count). The zero-order valence-corrected chi connectivity index (χ0v) is 13.1. The van der Waals surface area contributed by atoms with Gasteiger partial charge in [-0.15, -0.1) is 0 Å². The van der Waals surface area contributed by atoms with E-state index in [1.807, 2.05) is 6.92 Å². The van der Waals surface area contributed by atoms with E-state index in [2.05, 4.69) is 4.74 Å². The van der Waals surface area contributed by atoms with Crippen molar-refractivity contribution in [2.24, 2.45) is 0 Å². The van der Waals surface area contributed by atoms with Crippen molar-refractivity contribution in [3.63, 3.8) is 0 Å². The van der Waals surface area contributed by atoms with E-state index in [-0.39, 0.29) is 29.2 Å². The highest BCUT2D eigenvalue weighted by atomic mass is 32.2. The fraction of sp³-hybridized carbons (Fsp3) is 0.312. The van der Waals surface area contributed by atoms with E-state index in [0.717, 1.165) is 5.56 Å². The number of ether oxygens (including phenoxy) is 2. The zero-order chi connectivity index (χ0) is 16.1. The van der Waals surface area contributed by atoms with Crippen LogP contribution in [0.25, 0.3) is 0 Å². The molecule has 1 unspecified atom stereocenters. The molecular formula is C16H16O5S. The molecule has 1 atom stereocenters. The second-order valence-electron chi connectivity index (χ2n) is 4.82. The molecule has 0 saturated carbocycles. The Bertz CT molecular complexity index is 618. The number of thioether (sulfide) groups is 1. The third kappa shape index (κ3) is 4.21. The number of benzene rings is 1. The summed E-state index contributed by atoms with van der Waals surface area (Å²) in [5.74, 6) is 0.0400. The standard InChI is InChI=1S/C16H16O5S/c1-10-14(8-15(18)22-10)21-9-13(17)7-11-3-5-12(6-4-11)16(19)20-2/h3-6,8,10H,7,9H2,1-2H3. The Morgan fingerprint density at radius 3 is 2.45 bits per heavy atom. The molecule has 0 radical (unpaired) electrons. The van der Waals surface area contributed by atoms with Crippen molar-refractivity contribution in [1.29, 1.82) is 0 Å². The van der Waals surface area contributed by atoms with E-state index < -0.39 is 5.97 Å². The third-order valence-corrected chi connectivity index (χ3v) is 4.07. The highest BCUT2D eigenvalue weighted by molar-refractivity contribution is 8.15. The summed E-state index contributed by atoms with van der Waals surface area (Å²) in [6.07, 6.45) is 1.64. The van der Waals surface area contributed by atoms with Crippen LogP contribution in [0.3, 0.4) is 0 Å². The lowest BCUT2D eigenvalue weighted by atomic mass is 10.1. The molecule has 22 heavy (non-hydrogen) atoms. The van der Waals surface area contributed by atoms with Gasteiger partial charge in [0.1, 0.15) is 12.4 Å². The molecule has 0 N–H and O–H groups in total. The van der Waals surface area contributed by atoms with Crippen molar-refractivity contribution >= 4 is 28.6 Å². The van der Waals surface area contributed by atoms with Crippen LogP contribution in [0.4, 0.5) is 0 Å². The highest BCUT2D eigenvalue weighted by Gasteiger charge is 2.23. The van der Waals surface area contributed by atoms with E-state index >= 15 is 0 Å². The maximum atomic E-state index is 11.9. The number of hydrogen-bond acceptors (Lipinski definition) is 6. The maximum absolute atomic E-state index is 11.9. The molecular weight excluding hydrogens is 304 g/mol. The van der Waals surface area contributed by atoms with Crippen molar-refractivity contribution in [2.75, 3.05) is 13.7 Å². The number of hydrogen-bond donors (Lipinski definition) is 0. The molecule has 1 aliphatic rings. The second kappa shape index (κ2) is 7.26. The lowest BCUT2D eigenvalue weighted by molar-refractivity contribution is -0.121. The van der Waals surface area contributed by atoms with Crippen molar-refractivity contribution in [1.82, 2.24) is 0 Å². The third-order valence-electron chi connectivity index (χ3n) is 3.13. The number of methoxy groups -OCH3 is 1. The number of ketones is 1. The monoisotopic (exact) mass is 320 g/mol. The lowest BCUT2D eigenvalue weighted by Crippen LogP contribution is -2.13. The topological polar surface area (TPSA) is 69.7 Å². The molecule has 0 aromatic heterocycles. The Hall–Kier alpha value is -2.08. The average Bonchev–Trinajstić information content (AvgIpc) is 2.83. The number of Topliss-reactive ketones (excluding diaryl/α,β-unsaturated/α-hetero) is 1. The van der Waals surface area contributed by atoms with Crippen LogP contribution in [0.1, 0.15) is 22.8 Å². The maximum Gasteiger partial charge on any atom is 0.337 e. The predicted molar refractivity (Wildman–Crippen MR) is 82.6 cm³/mol. The van der Waals surface area contributed by atoms with Gasteiger partial charge in [-0.2, -0.15) is 0 Å². The quantitative estimate of drug-likeness (QED) is 0.748. The Morgan fingerprint density at radius 2 is 1.91 bits per heavy atom. The normalized spacial score (nSPS) is 17.1. The van der Waals surface area contributed by atoms with E-state index in [9.17, 15) is 14.4 Å². The Kier molecular flexibility index (Phi) is 5.38. The van der Waals surface area contributed by atoms with Crippen LogP contribution in [0, 0.1) is 0 Å². The van der Waals surface area contributed by atoms with Crippen LogP contribution in [0.2, 0.25) is 0 Å². The summed E-state index contributed by atoms with van der Waals surface area (Å²) in [5, 5.41) is -0.0898. The summed E-state index contributed by atoms with van der Waals surface area (Å²) < 4.78 is 10.0. The van der Waals surface area contributed by atoms with Crippen molar-refractivity contribution < 1.29 is 23.9 Å². The zero-order valence-electron chi connectivity index (χ0n) is 12.3. The van der Waals surface area contributed by atoms with Crippen LogP contribution >= 0.6 is 11.8 Å². The summed E-state index contributed by atoms with van der Waals surface area (Å²) in [7, 11) is 1.32. The number of rotatable bonds is 6. The summed E-state index contributed by atoms with van der Waals surface area (Å²) in [6.45, 7) is 1.79. The fourth-order valence-corrected chi connectivity index (χ4v) is 2.76. The van der Waals surface area contributed by atoms with Crippen LogP contribution in [0.5, 0.6) is 0 Å². The first-order valence-corrected chi connectivity index (χ1v) is 7.61. The molecule has 0 spiro atoms. The molecule has 0 amide bonds. The molecule has 116 valence electrons. The van der Waals surface area contributed by atoms with Crippen molar-refractivity contribution in [3.05, 3.63) is 47.2 Å². The van der Waals surface area contributed by atoms with Gasteiger partial charge in [0.25, 0.3) is 0 Å². The predicted octanol–water partition coefficient (Wildman–Crippen LogP) is 2.15. The minimum Gasteiger partial charge on any atom is -0.489 e. The van der Waals surface area contributed by atoms with Gasteiger partial charge in [-0.1, -0.05) is 23.9 Å². The largest absolute Gasteiger partial charge is 0.489 e. The smallest absolute Gasteiger partial charge is 0.337 e. The van der Waals surface area contributed by atoms with E-state index in [1.54, 1.807) is 24.3 Å². The number of carbonyl (C=O) groups is 3. The lowest BCUT2D eigenvalue weighted by Gasteiger charge is -2.09. The van der Waals surface area contributed by atoms with Crippen LogP contribution in [-0.4, -0.2) is 35.8 Å². The summed E-state index contributed by atoms with van der Waals surface area (Å²) in [5.41, 5.74) is 1.23. The van der Waals surface area contributed by atoms with Crippen LogP contribution < -0.4 is 0 Å². The average molecular weight is 320 g/mol. The van der Waals surface area contributed by atoms with Crippen LogP contribution in [0.15, 0.2) is 36.1 Å². The molecule has 5 nitrogen and oxygen atoms in total. The minimum atomic E-state index is -0.412. The molecule has 1 heterocycles. The van der Waals surface area contributed by atoms with Gasteiger partial charge in [0.2, 0.25) is 5.12 Å². The van der Waals surface area contributed by atoms with Gasteiger partial charge in [0, 0.05) is 12.5 Å². The molecule has 1 aromatic rings. The van der Waals surface area contributed by atoms with E-state index in [4.69, 9.17) is 4.74 Å². The van der Waals surface area contributed by atoms with Gasteiger partial charge in [-0.3, -0.25) is 9.59 Å². The second-order valence-corrected chi connectivity index (χ2v) is 6.16. The number of esters is 1. The number of carbonyl (C=O) groups excluding carboxylic acids is 3. The van der Waals surface area contributed by atoms with Crippen molar-refractivity contribution in [2.45, 2.75) is 18.6 Å². The highest BCUT2D eigenvalue weighted by Crippen LogP contribution is 2.28. The summed E-state index contributed by atoms with van der Waals surface area (Å²) in [4.78, 5) is 34.4. The molecule has 0 saturated heterocycles. The van der Waals surface area contributed by atoms with E-state index in [1.165, 1.54) is 24.9 Å². The summed E-state index contributed by atoms with van der Waals surface area (Å²) >= 11 is 1.18. The van der Waals surface area contributed by atoms with Gasteiger partial charge in [-0.25, -0.2) is 4.79 Å². The minimum absolute atomic E-state index is 0.0420. The molecule has 0 fully saturated rings. The Labute approximate surface area is 132 Å². The van der Waals surface area contributed by atoms with Gasteiger partial charge in [0.05, 0.1) is 17.9 Å². The molecule has 1 aliphatic heterocycles. The van der Waals surface area contributed by atoms with Gasteiger partial charge in [-0.05, 0) is 24.6 Å². The SMILES string of the molecule is COC(=O)c1ccc(CC(=O)COC2=CC(=O)SC2C)cc1. The van der Waals surface area contributed by atoms with Crippen molar-refractivity contribution in [3.8, 4) is 0 Å². The summed E-state index contributed by atoms with van der Waals surface area (Å²) in [6, 6.07) is 6.65. The Morgan fingerprint density at radius 1 is 1.23 bits per heavy atom. The fourth-order valence-electron chi connectivity index (χ4n) is 1.98. The Balaban J connectivity index is 1.86. The van der Waals surface area contributed by atoms with Crippen LogP contribution in [-0.2, 0) is 25.5 Å². The van der Waals surface area contributed by atoms with Gasteiger partial charge < -0.3 is 9.47 Å². The first-order valence-electron chi connectivity index (χ1n) is 6.73. The first-order chi connectivity index (χ1) is 10.5. The molecule has 0 bridgehead atoms. The molecule has 0 aliphatic carbocycles. The van der Waals surface area contributed by atoms with E-state index in [0.29, 0.717) is 11.3 Å². The first kappa shape index (κ1) is 16.3. The van der Waals surface area contributed by atoms with Gasteiger partial charge >= 0.3 is 5.97 Å². The van der Waals surface area contributed by atoms with Gasteiger partial charge in [0.15, 0.2) is 5.78 Å². The molecule has 1 aromatic carbocycles.